The first kappa shape index (κ1) is 7.98. The molecule has 0 bridgehead atoms. The molecule has 0 amide bonds. The molecule has 1 rings (SSSR count). The third-order valence-corrected chi connectivity index (χ3v) is 2.10. The molecule has 10 heavy (non-hydrogen) atoms. The molecule has 0 aromatic rings. The third kappa shape index (κ3) is 1.48. The van der Waals surface area contributed by atoms with E-state index in [0.29, 0.717) is 6.04 Å². The minimum Gasteiger partial charge on any atom is -0.395 e. The summed E-state index contributed by atoms with van der Waals surface area (Å²) in [7, 11) is 1.71. The van der Waals surface area contributed by atoms with E-state index < -0.39 is 0 Å². The van der Waals surface area contributed by atoms with Gasteiger partial charge in [0, 0.05) is 19.2 Å². The average molecular weight is 145 g/mol. The van der Waals surface area contributed by atoms with Gasteiger partial charge in [-0.3, -0.25) is 0 Å². The van der Waals surface area contributed by atoms with Crippen molar-refractivity contribution >= 4 is 0 Å². The fraction of sp³-hybridized carbons (Fsp3) is 1.00. The van der Waals surface area contributed by atoms with Crippen molar-refractivity contribution in [2.24, 2.45) is 0 Å². The Kier molecular flexibility index (Phi) is 2.65. The Bertz CT molecular complexity index is 108. The molecule has 1 aliphatic rings. The minimum atomic E-state index is 0.213. The van der Waals surface area contributed by atoms with Gasteiger partial charge >= 0.3 is 0 Å². The smallest absolute Gasteiger partial charge is 0.0737 e. The summed E-state index contributed by atoms with van der Waals surface area (Å²) >= 11 is 0. The SMILES string of the molecule is CO[C@@H]1C[C@@H](CO)N[C@H]1C. The zero-order valence-electron chi connectivity index (χ0n) is 6.50. The number of hydrogen-bond donors (Lipinski definition) is 2. The number of nitrogens with one attached hydrogen (secondary N) is 1. The first-order valence-electron chi connectivity index (χ1n) is 3.67. The molecular formula is C7H15NO2. The molecule has 1 saturated heterocycles. The van der Waals surface area contributed by atoms with E-state index in [1.807, 2.05) is 0 Å². The molecule has 3 atom stereocenters. The van der Waals surface area contributed by atoms with E-state index in [1.165, 1.54) is 0 Å². The lowest BCUT2D eigenvalue weighted by atomic mass is 10.1. The standard InChI is InChI=1S/C7H15NO2/c1-5-7(10-2)3-6(4-9)8-5/h5-9H,3-4H2,1-2H3/t5-,6-,7+/m0/s1. The van der Waals surface area contributed by atoms with Crippen LogP contribution in [-0.2, 0) is 4.74 Å². The van der Waals surface area contributed by atoms with Crippen molar-refractivity contribution in [3.63, 3.8) is 0 Å². The maximum Gasteiger partial charge on any atom is 0.0737 e. The summed E-state index contributed by atoms with van der Waals surface area (Å²) in [5, 5.41) is 12.0. The molecule has 3 heteroatoms. The number of rotatable bonds is 2. The first-order valence-corrected chi connectivity index (χ1v) is 3.67. The van der Waals surface area contributed by atoms with Crippen LogP contribution >= 0.6 is 0 Å². The topological polar surface area (TPSA) is 41.5 Å². The molecular weight excluding hydrogens is 130 g/mol. The first-order chi connectivity index (χ1) is 4.77. The highest BCUT2D eigenvalue weighted by molar-refractivity contribution is 4.88. The normalized spacial score (nSPS) is 40.5. The van der Waals surface area contributed by atoms with Gasteiger partial charge in [0.1, 0.15) is 0 Å². The van der Waals surface area contributed by atoms with E-state index in [0.717, 1.165) is 6.42 Å². The zero-order chi connectivity index (χ0) is 7.56. The lowest BCUT2D eigenvalue weighted by Crippen LogP contribution is -2.32. The number of methoxy groups -OCH3 is 1. The Morgan fingerprint density at radius 2 is 2.40 bits per heavy atom. The quantitative estimate of drug-likeness (QED) is 0.562. The van der Waals surface area contributed by atoms with Crippen LogP contribution in [0.5, 0.6) is 0 Å². The summed E-state index contributed by atoms with van der Waals surface area (Å²) in [5.41, 5.74) is 0. The van der Waals surface area contributed by atoms with E-state index in [4.69, 9.17) is 9.84 Å². The van der Waals surface area contributed by atoms with Crippen LogP contribution in [-0.4, -0.2) is 37.0 Å². The molecule has 2 N–H and O–H groups in total. The number of aliphatic hydroxyl groups excluding tert-OH is 1. The fourth-order valence-electron chi connectivity index (χ4n) is 1.46. The van der Waals surface area contributed by atoms with Crippen molar-refractivity contribution in [1.29, 1.82) is 0 Å². The molecule has 0 saturated carbocycles. The van der Waals surface area contributed by atoms with Gasteiger partial charge < -0.3 is 15.2 Å². The van der Waals surface area contributed by atoms with E-state index in [1.54, 1.807) is 7.11 Å². The maximum absolute atomic E-state index is 8.78. The highest BCUT2D eigenvalue weighted by Crippen LogP contribution is 2.14. The molecule has 0 aliphatic carbocycles. The molecule has 0 unspecified atom stereocenters. The Labute approximate surface area is 61.4 Å². The average Bonchev–Trinajstić information content (AvgIpc) is 2.30. The number of hydrogen-bond acceptors (Lipinski definition) is 3. The second-order valence-electron chi connectivity index (χ2n) is 2.84. The van der Waals surface area contributed by atoms with Gasteiger partial charge in [0.15, 0.2) is 0 Å². The molecule has 60 valence electrons. The lowest BCUT2D eigenvalue weighted by molar-refractivity contribution is 0.0943. The van der Waals surface area contributed by atoms with Crippen LogP contribution in [0.3, 0.4) is 0 Å². The molecule has 1 aliphatic heterocycles. The summed E-state index contributed by atoms with van der Waals surface area (Å²) in [6.07, 6.45) is 1.20. The second-order valence-corrected chi connectivity index (χ2v) is 2.84. The van der Waals surface area contributed by atoms with Crippen molar-refractivity contribution in [3.05, 3.63) is 0 Å². The predicted octanol–water partition coefficient (Wildman–Crippen LogP) is -0.256. The van der Waals surface area contributed by atoms with E-state index in [9.17, 15) is 0 Å². The van der Waals surface area contributed by atoms with Crippen LogP contribution in [0.1, 0.15) is 13.3 Å². The molecule has 1 fully saturated rings. The van der Waals surface area contributed by atoms with Crippen molar-refractivity contribution in [2.45, 2.75) is 31.5 Å². The van der Waals surface area contributed by atoms with Gasteiger partial charge in [-0.25, -0.2) is 0 Å². The van der Waals surface area contributed by atoms with Crippen molar-refractivity contribution < 1.29 is 9.84 Å². The van der Waals surface area contributed by atoms with Gasteiger partial charge in [-0.1, -0.05) is 0 Å². The van der Waals surface area contributed by atoms with Gasteiger partial charge in [-0.2, -0.15) is 0 Å². The Hall–Kier alpha value is -0.120. The van der Waals surface area contributed by atoms with Gasteiger partial charge in [0.05, 0.1) is 12.7 Å². The summed E-state index contributed by atoms with van der Waals surface area (Å²) in [5.74, 6) is 0. The Balaban J connectivity index is 2.36. The van der Waals surface area contributed by atoms with Crippen LogP contribution in [0.2, 0.25) is 0 Å². The molecule has 0 spiro atoms. The highest BCUT2D eigenvalue weighted by atomic mass is 16.5. The van der Waals surface area contributed by atoms with E-state index in [2.05, 4.69) is 12.2 Å². The molecule has 0 aromatic carbocycles. The largest absolute Gasteiger partial charge is 0.395 e. The van der Waals surface area contributed by atoms with E-state index in [-0.39, 0.29) is 18.8 Å². The number of ether oxygens (including phenoxy) is 1. The van der Waals surface area contributed by atoms with Crippen molar-refractivity contribution in [2.75, 3.05) is 13.7 Å². The van der Waals surface area contributed by atoms with Gasteiger partial charge in [-0.05, 0) is 13.3 Å². The zero-order valence-corrected chi connectivity index (χ0v) is 6.50. The van der Waals surface area contributed by atoms with Gasteiger partial charge in [-0.15, -0.1) is 0 Å². The molecule has 0 aromatic heterocycles. The minimum absolute atomic E-state index is 0.213. The van der Waals surface area contributed by atoms with Crippen LogP contribution in [0.15, 0.2) is 0 Å². The summed E-state index contributed by atoms with van der Waals surface area (Å²) in [4.78, 5) is 0. The Morgan fingerprint density at radius 1 is 1.70 bits per heavy atom. The van der Waals surface area contributed by atoms with Gasteiger partial charge in [0.2, 0.25) is 0 Å². The lowest BCUT2D eigenvalue weighted by Gasteiger charge is -2.11. The van der Waals surface area contributed by atoms with Crippen LogP contribution < -0.4 is 5.32 Å². The fourth-order valence-corrected chi connectivity index (χ4v) is 1.46. The number of aliphatic hydroxyl groups is 1. The molecule has 0 radical (unpaired) electrons. The Morgan fingerprint density at radius 3 is 2.70 bits per heavy atom. The van der Waals surface area contributed by atoms with Crippen molar-refractivity contribution in [1.82, 2.24) is 5.32 Å². The highest BCUT2D eigenvalue weighted by Gasteiger charge is 2.29. The second kappa shape index (κ2) is 3.32. The molecule has 1 heterocycles. The monoisotopic (exact) mass is 145 g/mol. The van der Waals surface area contributed by atoms with Gasteiger partial charge in [0.25, 0.3) is 0 Å². The molecule has 3 nitrogen and oxygen atoms in total. The predicted molar refractivity (Wildman–Crippen MR) is 38.9 cm³/mol. The van der Waals surface area contributed by atoms with Crippen LogP contribution in [0.25, 0.3) is 0 Å². The summed E-state index contributed by atoms with van der Waals surface area (Å²) in [6, 6.07) is 0.613. The third-order valence-electron chi connectivity index (χ3n) is 2.10. The van der Waals surface area contributed by atoms with Crippen LogP contribution in [0, 0.1) is 0 Å². The van der Waals surface area contributed by atoms with Crippen molar-refractivity contribution in [3.8, 4) is 0 Å². The maximum atomic E-state index is 8.78. The van der Waals surface area contributed by atoms with Crippen LogP contribution in [0.4, 0.5) is 0 Å². The summed E-state index contributed by atoms with van der Waals surface area (Å²) in [6.45, 7) is 2.29. The van der Waals surface area contributed by atoms with E-state index >= 15 is 0 Å². The summed E-state index contributed by atoms with van der Waals surface area (Å²) < 4.78 is 5.18.